The summed E-state index contributed by atoms with van der Waals surface area (Å²) in [5.41, 5.74) is 1.94. The zero-order chi connectivity index (χ0) is 17.5. The zero-order valence-electron chi connectivity index (χ0n) is 13.5. The molecule has 0 unspecified atom stereocenters. The molecule has 0 aliphatic rings. The second-order valence-electron chi connectivity index (χ2n) is 5.07. The van der Waals surface area contributed by atoms with Gasteiger partial charge in [0, 0.05) is 27.4 Å². The maximum atomic E-state index is 12.1. The van der Waals surface area contributed by atoms with Gasteiger partial charge in [0.1, 0.15) is 5.75 Å². The Morgan fingerprint density at radius 2 is 2.00 bits per heavy atom. The molecule has 0 spiro atoms. The Morgan fingerprint density at radius 3 is 2.71 bits per heavy atom. The van der Waals surface area contributed by atoms with Crippen LogP contribution >= 0.6 is 15.9 Å². The number of nitrogens with one attached hydrogen (secondary N) is 1. The fourth-order valence-corrected chi connectivity index (χ4v) is 2.48. The lowest BCUT2D eigenvalue weighted by Crippen LogP contribution is -2.08. The topological polar surface area (TPSA) is 55.4 Å². The first kappa shape index (κ1) is 17.9. The van der Waals surface area contributed by atoms with Gasteiger partial charge in [0.2, 0.25) is 5.91 Å². The Morgan fingerprint density at radius 1 is 1.21 bits per heavy atom. The SMILES string of the molecule is CCOc1ccc(Br)cc1/C=C/C(=O)Nc1cccc(C(C)=O)c1. The van der Waals surface area contributed by atoms with Crippen molar-refractivity contribution in [1.29, 1.82) is 0 Å². The van der Waals surface area contributed by atoms with Gasteiger partial charge >= 0.3 is 0 Å². The van der Waals surface area contributed by atoms with Crippen molar-refractivity contribution in [3.05, 3.63) is 64.1 Å². The molecule has 0 saturated heterocycles. The first-order chi connectivity index (χ1) is 11.5. The molecular weight excluding hydrogens is 370 g/mol. The molecule has 5 heteroatoms. The molecule has 0 bridgehead atoms. The summed E-state index contributed by atoms with van der Waals surface area (Å²) in [6.45, 7) is 3.94. The van der Waals surface area contributed by atoms with Crippen LogP contribution in [0.3, 0.4) is 0 Å². The summed E-state index contributed by atoms with van der Waals surface area (Å²) in [7, 11) is 0. The van der Waals surface area contributed by atoms with Gasteiger partial charge in [-0.05, 0) is 50.3 Å². The largest absolute Gasteiger partial charge is 0.493 e. The molecule has 2 aromatic rings. The van der Waals surface area contributed by atoms with Crippen molar-refractivity contribution in [1.82, 2.24) is 0 Å². The minimum Gasteiger partial charge on any atom is -0.493 e. The molecule has 2 aromatic carbocycles. The number of carbonyl (C=O) groups is 2. The second-order valence-corrected chi connectivity index (χ2v) is 5.99. The van der Waals surface area contributed by atoms with E-state index in [0.717, 1.165) is 10.0 Å². The van der Waals surface area contributed by atoms with Crippen LogP contribution < -0.4 is 10.1 Å². The Kier molecular flexibility index (Phi) is 6.32. The molecule has 0 saturated carbocycles. The van der Waals surface area contributed by atoms with Crippen LogP contribution in [0.1, 0.15) is 29.8 Å². The third kappa shape index (κ3) is 5.06. The summed E-state index contributed by atoms with van der Waals surface area (Å²) in [5, 5.41) is 2.74. The number of anilines is 1. The van der Waals surface area contributed by atoms with E-state index in [9.17, 15) is 9.59 Å². The Labute approximate surface area is 149 Å². The van der Waals surface area contributed by atoms with E-state index >= 15 is 0 Å². The lowest BCUT2D eigenvalue weighted by Gasteiger charge is -2.07. The molecule has 1 N–H and O–H groups in total. The summed E-state index contributed by atoms with van der Waals surface area (Å²) in [4.78, 5) is 23.5. The van der Waals surface area contributed by atoms with E-state index in [1.807, 2.05) is 25.1 Å². The molecule has 4 nitrogen and oxygen atoms in total. The maximum absolute atomic E-state index is 12.1. The molecule has 124 valence electrons. The zero-order valence-corrected chi connectivity index (χ0v) is 15.1. The Hall–Kier alpha value is -2.40. The van der Waals surface area contributed by atoms with E-state index in [-0.39, 0.29) is 11.7 Å². The maximum Gasteiger partial charge on any atom is 0.248 e. The average Bonchev–Trinajstić information content (AvgIpc) is 2.55. The molecule has 0 aromatic heterocycles. The molecule has 0 heterocycles. The molecule has 0 aliphatic carbocycles. The van der Waals surface area contributed by atoms with E-state index in [1.54, 1.807) is 30.3 Å². The Balaban J connectivity index is 2.12. The number of ether oxygens (including phenoxy) is 1. The number of amides is 1. The first-order valence-corrected chi connectivity index (χ1v) is 8.31. The minimum atomic E-state index is -0.280. The van der Waals surface area contributed by atoms with Crippen molar-refractivity contribution < 1.29 is 14.3 Å². The van der Waals surface area contributed by atoms with Gasteiger partial charge in [-0.3, -0.25) is 9.59 Å². The van der Waals surface area contributed by atoms with Crippen molar-refractivity contribution in [2.24, 2.45) is 0 Å². The van der Waals surface area contributed by atoms with Crippen molar-refractivity contribution in [2.45, 2.75) is 13.8 Å². The van der Waals surface area contributed by atoms with Gasteiger partial charge in [0.05, 0.1) is 6.61 Å². The van der Waals surface area contributed by atoms with Crippen LogP contribution in [0.25, 0.3) is 6.08 Å². The molecule has 0 radical (unpaired) electrons. The lowest BCUT2D eigenvalue weighted by molar-refractivity contribution is -0.111. The highest BCUT2D eigenvalue weighted by molar-refractivity contribution is 9.10. The number of rotatable bonds is 6. The van der Waals surface area contributed by atoms with E-state index in [0.29, 0.717) is 23.6 Å². The highest BCUT2D eigenvalue weighted by Crippen LogP contribution is 2.24. The summed E-state index contributed by atoms with van der Waals surface area (Å²) in [6.07, 6.45) is 3.13. The van der Waals surface area contributed by atoms with Crippen LogP contribution in [0.4, 0.5) is 5.69 Å². The predicted molar refractivity (Wildman–Crippen MR) is 99.4 cm³/mol. The average molecular weight is 388 g/mol. The van der Waals surface area contributed by atoms with Gasteiger partial charge < -0.3 is 10.1 Å². The van der Waals surface area contributed by atoms with Crippen molar-refractivity contribution in [2.75, 3.05) is 11.9 Å². The monoisotopic (exact) mass is 387 g/mol. The molecule has 0 atom stereocenters. The third-order valence-corrected chi connectivity index (χ3v) is 3.72. The summed E-state index contributed by atoms with van der Waals surface area (Å²) >= 11 is 3.41. The number of ketones is 1. The molecule has 0 aliphatic heterocycles. The number of benzene rings is 2. The molecule has 1 amide bonds. The molecular formula is C19H18BrNO3. The summed E-state index contributed by atoms with van der Waals surface area (Å²) < 4.78 is 6.45. The van der Waals surface area contributed by atoms with Crippen molar-refractivity contribution in [3.63, 3.8) is 0 Å². The highest BCUT2D eigenvalue weighted by Gasteiger charge is 2.04. The van der Waals surface area contributed by atoms with Crippen LogP contribution in [0.2, 0.25) is 0 Å². The van der Waals surface area contributed by atoms with Crippen molar-refractivity contribution in [3.8, 4) is 5.75 Å². The van der Waals surface area contributed by atoms with E-state index in [2.05, 4.69) is 21.2 Å². The smallest absolute Gasteiger partial charge is 0.248 e. The van der Waals surface area contributed by atoms with E-state index < -0.39 is 0 Å². The number of halogens is 1. The predicted octanol–water partition coefficient (Wildman–Crippen LogP) is 4.70. The standard InChI is InChI=1S/C19H18BrNO3/c1-3-24-18-9-8-16(20)11-15(18)7-10-19(23)21-17-6-4-5-14(12-17)13(2)22/h4-12H,3H2,1-2H3,(H,21,23)/b10-7+. The second kappa shape index (κ2) is 8.45. The van der Waals surface area contributed by atoms with E-state index in [1.165, 1.54) is 13.0 Å². The van der Waals surface area contributed by atoms with Crippen LogP contribution in [-0.2, 0) is 4.79 Å². The first-order valence-electron chi connectivity index (χ1n) is 7.52. The van der Waals surface area contributed by atoms with Gasteiger partial charge in [-0.15, -0.1) is 0 Å². The fraction of sp³-hybridized carbons (Fsp3) is 0.158. The number of Topliss-reactive ketones (excluding diaryl/α,β-unsaturated/α-hetero) is 1. The Bertz CT molecular complexity index is 784. The van der Waals surface area contributed by atoms with E-state index in [4.69, 9.17) is 4.74 Å². The molecule has 0 fully saturated rings. The molecule has 24 heavy (non-hydrogen) atoms. The highest BCUT2D eigenvalue weighted by atomic mass is 79.9. The van der Waals surface area contributed by atoms with Crippen LogP contribution in [0.5, 0.6) is 5.75 Å². The van der Waals surface area contributed by atoms with Crippen LogP contribution in [0.15, 0.2) is 53.0 Å². The van der Waals surface area contributed by atoms with Gasteiger partial charge in [-0.25, -0.2) is 0 Å². The number of carbonyl (C=O) groups excluding carboxylic acids is 2. The van der Waals surface area contributed by atoms with Gasteiger partial charge in [0.25, 0.3) is 0 Å². The van der Waals surface area contributed by atoms with Gasteiger partial charge in [-0.1, -0.05) is 28.1 Å². The van der Waals surface area contributed by atoms with Crippen molar-refractivity contribution >= 4 is 39.4 Å². The summed E-state index contributed by atoms with van der Waals surface area (Å²) in [6, 6.07) is 12.4. The third-order valence-electron chi connectivity index (χ3n) is 3.22. The quantitative estimate of drug-likeness (QED) is 0.577. The van der Waals surface area contributed by atoms with Gasteiger partial charge in [-0.2, -0.15) is 0 Å². The summed E-state index contributed by atoms with van der Waals surface area (Å²) in [5.74, 6) is 0.388. The normalized spacial score (nSPS) is 10.6. The lowest BCUT2D eigenvalue weighted by atomic mass is 10.1. The van der Waals surface area contributed by atoms with Gasteiger partial charge in [0.15, 0.2) is 5.78 Å². The van der Waals surface area contributed by atoms with Crippen LogP contribution in [-0.4, -0.2) is 18.3 Å². The molecule has 2 rings (SSSR count). The number of hydrogen-bond donors (Lipinski definition) is 1. The fourth-order valence-electron chi connectivity index (χ4n) is 2.10. The minimum absolute atomic E-state index is 0.0443. The number of hydrogen-bond acceptors (Lipinski definition) is 3. The van der Waals surface area contributed by atoms with Crippen LogP contribution in [0, 0.1) is 0 Å².